The Bertz CT molecular complexity index is 437. The zero-order valence-electron chi connectivity index (χ0n) is 9.90. The Hall–Kier alpha value is -1.55. The van der Waals surface area contributed by atoms with Crippen LogP contribution in [0.2, 0.25) is 0 Å². The summed E-state index contributed by atoms with van der Waals surface area (Å²) in [4.78, 5) is 11.2. The Morgan fingerprint density at radius 2 is 2.24 bits per heavy atom. The van der Waals surface area contributed by atoms with Crippen LogP contribution in [-0.2, 0) is 4.74 Å². The van der Waals surface area contributed by atoms with Crippen LogP contribution >= 0.6 is 0 Å². The molecular weight excluding hydrogens is 218 g/mol. The summed E-state index contributed by atoms with van der Waals surface area (Å²) >= 11 is 0. The van der Waals surface area contributed by atoms with Gasteiger partial charge < -0.3 is 15.6 Å². The third-order valence-electron chi connectivity index (χ3n) is 3.29. The molecule has 1 aromatic carbocycles. The number of anilines is 1. The van der Waals surface area contributed by atoms with Gasteiger partial charge in [-0.05, 0) is 43.9 Å². The average Bonchev–Trinajstić information content (AvgIpc) is 2.33. The summed E-state index contributed by atoms with van der Waals surface area (Å²) in [6.45, 7) is 2.55. The van der Waals surface area contributed by atoms with Crippen molar-refractivity contribution in [3.05, 3.63) is 28.8 Å². The van der Waals surface area contributed by atoms with Gasteiger partial charge in [-0.25, -0.2) is 4.79 Å². The minimum Gasteiger partial charge on any atom is -0.478 e. The first-order valence-corrected chi connectivity index (χ1v) is 5.85. The Morgan fingerprint density at radius 3 is 2.82 bits per heavy atom. The van der Waals surface area contributed by atoms with Crippen molar-refractivity contribution in [3.8, 4) is 0 Å². The second-order valence-corrected chi connectivity index (χ2v) is 4.40. The molecule has 0 saturated carbocycles. The van der Waals surface area contributed by atoms with E-state index in [-0.39, 0.29) is 6.10 Å². The van der Waals surface area contributed by atoms with Crippen molar-refractivity contribution < 1.29 is 14.6 Å². The Morgan fingerprint density at radius 1 is 1.47 bits per heavy atom. The molecule has 1 unspecified atom stereocenters. The van der Waals surface area contributed by atoms with Crippen LogP contribution in [0.1, 0.15) is 46.9 Å². The van der Waals surface area contributed by atoms with Crippen LogP contribution in [0.3, 0.4) is 0 Å². The SMILES string of the molecule is Cc1c(N)ccc(C(=O)O)c1C1CCCCO1. The van der Waals surface area contributed by atoms with Crippen molar-refractivity contribution in [1.29, 1.82) is 0 Å². The number of aromatic carboxylic acids is 1. The Kier molecular flexibility index (Phi) is 3.33. The minimum absolute atomic E-state index is 0.127. The van der Waals surface area contributed by atoms with Gasteiger partial charge in [0.2, 0.25) is 0 Å². The normalized spacial score (nSPS) is 20.2. The molecule has 0 amide bonds. The molecule has 1 aromatic rings. The van der Waals surface area contributed by atoms with Crippen LogP contribution in [-0.4, -0.2) is 17.7 Å². The molecule has 1 saturated heterocycles. The predicted octanol–water partition coefficient (Wildman–Crippen LogP) is 2.52. The van der Waals surface area contributed by atoms with Crippen molar-refractivity contribution in [2.75, 3.05) is 12.3 Å². The third-order valence-corrected chi connectivity index (χ3v) is 3.29. The number of nitrogen functional groups attached to an aromatic ring is 1. The molecule has 2 rings (SSSR count). The number of rotatable bonds is 2. The molecule has 1 aliphatic rings. The molecule has 1 fully saturated rings. The van der Waals surface area contributed by atoms with Crippen molar-refractivity contribution in [1.82, 2.24) is 0 Å². The molecule has 0 radical (unpaired) electrons. The lowest BCUT2D eigenvalue weighted by molar-refractivity contribution is 0.0135. The van der Waals surface area contributed by atoms with Gasteiger partial charge in [0.1, 0.15) is 0 Å². The highest BCUT2D eigenvalue weighted by molar-refractivity contribution is 5.91. The van der Waals surface area contributed by atoms with Gasteiger partial charge in [-0.15, -0.1) is 0 Å². The molecule has 3 N–H and O–H groups in total. The Balaban J connectivity index is 2.48. The second-order valence-electron chi connectivity index (χ2n) is 4.40. The number of carboxylic acids is 1. The zero-order valence-corrected chi connectivity index (χ0v) is 9.90. The quantitative estimate of drug-likeness (QED) is 0.772. The first kappa shape index (κ1) is 11.9. The molecule has 1 atom stereocenters. The van der Waals surface area contributed by atoms with Crippen molar-refractivity contribution in [2.24, 2.45) is 0 Å². The first-order chi connectivity index (χ1) is 8.11. The lowest BCUT2D eigenvalue weighted by Crippen LogP contribution is -2.17. The van der Waals surface area contributed by atoms with Crippen molar-refractivity contribution >= 4 is 11.7 Å². The average molecular weight is 235 g/mol. The molecule has 0 bridgehead atoms. The van der Waals surface area contributed by atoms with Gasteiger partial charge in [0.25, 0.3) is 0 Å². The van der Waals surface area contributed by atoms with Crippen molar-refractivity contribution in [2.45, 2.75) is 32.3 Å². The van der Waals surface area contributed by atoms with Crippen LogP contribution in [0, 0.1) is 6.92 Å². The van der Waals surface area contributed by atoms with Crippen LogP contribution in [0.25, 0.3) is 0 Å². The fourth-order valence-electron chi connectivity index (χ4n) is 2.32. The van der Waals surface area contributed by atoms with Crippen LogP contribution in [0.15, 0.2) is 12.1 Å². The molecule has 0 aromatic heterocycles. The van der Waals surface area contributed by atoms with Crippen LogP contribution in [0.5, 0.6) is 0 Å². The smallest absolute Gasteiger partial charge is 0.336 e. The van der Waals surface area contributed by atoms with E-state index in [2.05, 4.69) is 0 Å². The largest absolute Gasteiger partial charge is 0.478 e. The summed E-state index contributed by atoms with van der Waals surface area (Å²) in [6.07, 6.45) is 2.85. The topological polar surface area (TPSA) is 72.6 Å². The number of nitrogens with two attached hydrogens (primary N) is 1. The van der Waals surface area contributed by atoms with Gasteiger partial charge >= 0.3 is 5.97 Å². The third kappa shape index (κ3) is 2.26. The molecule has 1 aliphatic heterocycles. The van der Waals surface area contributed by atoms with Crippen molar-refractivity contribution in [3.63, 3.8) is 0 Å². The van der Waals surface area contributed by atoms with Gasteiger partial charge in [0, 0.05) is 17.9 Å². The highest BCUT2D eigenvalue weighted by Crippen LogP contribution is 2.34. The zero-order chi connectivity index (χ0) is 12.4. The second kappa shape index (κ2) is 4.75. The van der Waals surface area contributed by atoms with Crippen LogP contribution < -0.4 is 5.73 Å². The lowest BCUT2D eigenvalue weighted by Gasteiger charge is -2.26. The van der Waals surface area contributed by atoms with E-state index in [0.717, 1.165) is 30.4 Å². The highest BCUT2D eigenvalue weighted by atomic mass is 16.5. The molecule has 0 spiro atoms. The fourth-order valence-corrected chi connectivity index (χ4v) is 2.32. The number of carbonyl (C=O) groups is 1. The number of hydrogen-bond acceptors (Lipinski definition) is 3. The minimum atomic E-state index is -0.919. The van der Waals surface area contributed by atoms with Crippen LogP contribution in [0.4, 0.5) is 5.69 Å². The van der Waals surface area contributed by atoms with E-state index in [0.29, 0.717) is 17.9 Å². The molecule has 0 aliphatic carbocycles. The molecule has 17 heavy (non-hydrogen) atoms. The van der Waals surface area contributed by atoms with Gasteiger partial charge in [0.05, 0.1) is 11.7 Å². The predicted molar refractivity (Wildman–Crippen MR) is 65.1 cm³/mol. The van der Waals surface area contributed by atoms with E-state index in [4.69, 9.17) is 10.5 Å². The summed E-state index contributed by atoms with van der Waals surface area (Å²) in [5.74, 6) is -0.919. The van der Waals surface area contributed by atoms with E-state index < -0.39 is 5.97 Å². The number of ether oxygens (including phenoxy) is 1. The summed E-state index contributed by atoms with van der Waals surface area (Å²) in [5.41, 5.74) is 8.36. The molecule has 4 heteroatoms. The van der Waals surface area contributed by atoms with E-state index in [1.165, 1.54) is 0 Å². The maximum atomic E-state index is 11.2. The molecule has 4 nitrogen and oxygen atoms in total. The summed E-state index contributed by atoms with van der Waals surface area (Å²) in [6, 6.07) is 3.21. The summed E-state index contributed by atoms with van der Waals surface area (Å²) in [7, 11) is 0. The fraction of sp³-hybridized carbons (Fsp3) is 0.462. The summed E-state index contributed by atoms with van der Waals surface area (Å²) in [5, 5.41) is 9.22. The monoisotopic (exact) mass is 235 g/mol. The molecular formula is C13H17NO3. The summed E-state index contributed by atoms with van der Waals surface area (Å²) < 4.78 is 5.67. The van der Waals surface area contributed by atoms with Gasteiger partial charge in [-0.3, -0.25) is 0 Å². The number of hydrogen-bond donors (Lipinski definition) is 2. The first-order valence-electron chi connectivity index (χ1n) is 5.85. The maximum absolute atomic E-state index is 11.2. The Labute approximate surface area is 100 Å². The van der Waals surface area contributed by atoms with E-state index in [1.807, 2.05) is 6.92 Å². The standard InChI is InChI=1S/C13H17NO3/c1-8-10(14)6-5-9(13(15)16)12(8)11-4-2-3-7-17-11/h5-6,11H,2-4,7,14H2,1H3,(H,15,16). The highest BCUT2D eigenvalue weighted by Gasteiger charge is 2.24. The maximum Gasteiger partial charge on any atom is 0.336 e. The van der Waals surface area contributed by atoms with Gasteiger partial charge in [-0.1, -0.05) is 0 Å². The van der Waals surface area contributed by atoms with E-state index in [1.54, 1.807) is 12.1 Å². The van der Waals surface area contributed by atoms with Gasteiger partial charge in [-0.2, -0.15) is 0 Å². The van der Waals surface area contributed by atoms with E-state index >= 15 is 0 Å². The number of carboxylic acid groups (broad SMARTS) is 1. The molecule has 92 valence electrons. The number of benzene rings is 1. The van der Waals surface area contributed by atoms with E-state index in [9.17, 15) is 9.90 Å². The molecule has 1 heterocycles. The lowest BCUT2D eigenvalue weighted by atomic mass is 9.92. The van der Waals surface area contributed by atoms with Gasteiger partial charge in [0.15, 0.2) is 0 Å².